The van der Waals surface area contributed by atoms with Crippen LogP contribution in [0.3, 0.4) is 0 Å². The SMILES string of the molecule is NS(=O)(=O)c1ccc(Nc2ccc(C(=O)O)c(Cl)c2)cc1. The summed E-state index contributed by atoms with van der Waals surface area (Å²) in [6.45, 7) is 0. The van der Waals surface area contributed by atoms with Crippen LogP contribution >= 0.6 is 11.6 Å². The molecule has 0 saturated heterocycles. The molecule has 110 valence electrons. The molecular formula is C13H11ClN2O4S. The summed E-state index contributed by atoms with van der Waals surface area (Å²) >= 11 is 5.86. The summed E-state index contributed by atoms with van der Waals surface area (Å²) in [7, 11) is -3.73. The Bertz CT molecular complexity index is 788. The van der Waals surface area contributed by atoms with E-state index in [4.69, 9.17) is 21.8 Å². The molecule has 0 unspecified atom stereocenters. The highest BCUT2D eigenvalue weighted by Crippen LogP contribution is 2.24. The highest BCUT2D eigenvalue weighted by Gasteiger charge is 2.10. The highest BCUT2D eigenvalue weighted by molar-refractivity contribution is 7.89. The molecule has 0 fully saturated rings. The first kappa shape index (κ1) is 15.3. The minimum absolute atomic E-state index is 0.00629. The number of carbonyl (C=O) groups is 1. The van der Waals surface area contributed by atoms with Gasteiger partial charge >= 0.3 is 5.97 Å². The van der Waals surface area contributed by atoms with Gasteiger partial charge in [0.2, 0.25) is 10.0 Å². The Morgan fingerprint density at radius 1 is 1.10 bits per heavy atom. The lowest BCUT2D eigenvalue weighted by atomic mass is 10.2. The van der Waals surface area contributed by atoms with Crippen LogP contribution in [0.5, 0.6) is 0 Å². The van der Waals surface area contributed by atoms with Crippen LogP contribution < -0.4 is 10.5 Å². The van der Waals surface area contributed by atoms with Crippen LogP contribution in [0.2, 0.25) is 5.02 Å². The summed E-state index contributed by atoms with van der Waals surface area (Å²) in [5.41, 5.74) is 1.20. The third-order valence-corrected chi connectivity index (χ3v) is 3.91. The van der Waals surface area contributed by atoms with Crippen molar-refractivity contribution >= 4 is 39.0 Å². The quantitative estimate of drug-likeness (QED) is 0.799. The van der Waals surface area contributed by atoms with E-state index in [9.17, 15) is 13.2 Å². The van der Waals surface area contributed by atoms with E-state index in [1.807, 2.05) is 0 Å². The number of hydrogen-bond donors (Lipinski definition) is 3. The van der Waals surface area contributed by atoms with Crippen molar-refractivity contribution in [2.24, 2.45) is 5.14 Å². The molecule has 0 aliphatic heterocycles. The van der Waals surface area contributed by atoms with Gasteiger partial charge in [-0.05, 0) is 42.5 Å². The maximum Gasteiger partial charge on any atom is 0.337 e. The van der Waals surface area contributed by atoms with Gasteiger partial charge in [-0.25, -0.2) is 18.4 Å². The Morgan fingerprint density at radius 3 is 2.14 bits per heavy atom. The number of primary sulfonamides is 1. The second-order valence-corrected chi connectivity index (χ2v) is 6.16. The van der Waals surface area contributed by atoms with E-state index in [1.165, 1.54) is 24.3 Å². The highest BCUT2D eigenvalue weighted by atomic mass is 35.5. The average molecular weight is 327 g/mol. The lowest BCUT2D eigenvalue weighted by molar-refractivity contribution is 0.0697. The number of rotatable bonds is 4. The van der Waals surface area contributed by atoms with Gasteiger partial charge in [-0.3, -0.25) is 0 Å². The number of carboxylic acids is 1. The topological polar surface area (TPSA) is 109 Å². The lowest BCUT2D eigenvalue weighted by Gasteiger charge is -2.08. The van der Waals surface area contributed by atoms with Crippen molar-refractivity contribution in [2.75, 3.05) is 5.32 Å². The third-order valence-electron chi connectivity index (χ3n) is 2.67. The molecule has 8 heteroatoms. The zero-order chi connectivity index (χ0) is 15.6. The van der Waals surface area contributed by atoms with Gasteiger partial charge in [0, 0.05) is 11.4 Å². The first-order chi connectivity index (χ1) is 9.77. The summed E-state index contributed by atoms with van der Waals surface area (Å²) < 4.78 is 22.3. The summed E-state index contributed by atoms with van der Waals surface area (Å²) in [5, 5.41) is 17.0. The van der Waals surface area contributed by atoms with Crippen LogP contribution in [0.25, 0.3) is 0 Å². The zero-order valence-electron chi connectivity index (χ0n) is 10.6. The first-order valence-electron chi connectivity index (χ1n) is 5.70. The van der Waals surface area contributed by atoms with Crippen LogP contribution in [0.4, 0.5) is 11.4 Å². The van der Waals surface area contributed by atoms with Crippen molar-refractivity contribution in [1.29, 1.82) is 0 Å². The molecule has 21 heavy (non-hydrogen) atoms. The van der Waals surface area contributed by atoms with Gasteiger partial charge in [0.25, 0.3) is 0 Å². The summed E-state index contributed by atoms with van der Waals surface area (Å²) in [5.74, 6) is -1.11. The van der Waals surface area contributed by atoms with Crippen molar-refractivity contribution in [3.8, 4) is 0 Å². The maximum atomic E-state index is 11.1. The van der Waals surface area contributed by atoms with Crippen molar-refractivity contribution in [3.63, 3.8) is 0 Å². The number of hydrogen-bond acceptors (Lipinski definition) is 4. The van der Waals surface area contributed by atoms with E-state index in [2.05, 4.69) is 5.32 Å². The molecule has 0 aliphatic rings. The third kappa shape index (κ3) is 3.72. The summed E-state index contributed by atoms with van der Waals surface area (Å²) in [6, 6.07) is 10.2. The number of nitrogens with one attached hydrogen (secondary N) is 1. The second kappa shape index (κ2) is 5.72. The van der Waals surface area contributed by atoms with E-state index >= 15 is 0 Å². The maximum absolute atomic E-state index is 11.1. The Hall–Kier alpha value is -2.09. The molecule has 0 spiro atoms. The fourth-order valence-electron chi connectivity index (χ4n) is 1.66. The normalized spacial score (nSPS) is 11.1. The Labute approximate surface area is 126 Å². The molecule has 0 heterocycles. The lowest BCUT2D eigenvalue weighted by Crippen LogP contribution is -2.11. The number of benzene rings is 2. The molecule has 2 rings (SSSR count). The minimum atomic E-state index is -3.73. The predicted octanol–water partition coefficient (Wildman–Crippen LogP) is 2.43. The van der Waals surface area contributed by atoms with Crippen molar-refractivity contribution in [1.82, 2.24) is 0 Å². The molecule has 0 amide bonds. The molecule has 6 nitrogen and oxygen atoms in total. The number of sulfonamides is 1. The average Bonchev–Trinajstić information content (AvgIpc) is 2.38. The van der Waals surface area contributed by atoms with E-state index in [0.29, 0.717) is 11.4 Å². The van der Waals surface area contributed by atoms with Gasteiger partial charge in [-0.15, -0.1) is 0 Å². The Kier molecular flexibility index (Phi) is 4.17. The van der Waals surface area contributed by atoms with Gasteiger partial charge in [0.15, 0.2) is 0 Å². The van der Waals surface area contributed by atoms with Crippen molar-refractivity contribution in [2.45, 2.75) is 4.90 Å². The van der Waals surface area contributed by atoms with Crippen molar-refractivity contribution in [3.05, 3.63) is 53.1 Å². The van der Waals surface area contributed by atoms with Crippen LogP contribution in [-0.2, 0) is 10.0 Å². The van der Waals surface area contributed by atoms with Gasteiger partial charge in [-0.1, -0.05) is 11.6 Å². The van der Waals surface area contributed by atoms with Gasteiger partial charge in [0.05, 0.1) is 15.5 Å². The number of carboxylic acid groups (broad SMARTS) is 1. The van der Waals surface area contributed by atoms with E-state index in [-0.39, 0.29) is 15.5 Å². The minimum Gasteiger partial charge on any atom is -0.478 e. The van der Waals surface area contributed by atoms with Crippen LogP contribution in [0.15, 0.2) is 47.4 Å². The van der Waals surface area contributed by atoms with Crippen LogP contribution in [0.1, 0.15) is 10.4 Å². The van der Waals surface area contributed by atoms with E-state index in [0.717, 1.165) is 0 Å². The molecule has 0 atom stereocenters. The fourth-order valence-corrected chi connectivity index (χ4v) is 2.44. The smallest absolute Gasteiger partial charge is 0.337 e. The summed E-state index contributed by atoms with van der Waals surface area (Å²) in [6.07, 6.45) is 0. The van der Waals surface area contributed by atoms with Gasteiger partial charge in [0.1, 0.15) is 0 Å². The summed E-state index contributed by atoms with van der Waals surface area (Å²) in [4.78, 5) is 10.9. The number of anilines is 2. The van der Waals surface area contributed by atoms with Crippen LogP contribution in [0, 0.1) is 0 Å². The molecule has 2 aromatic carbocycles. The fraction of sp³-hybridized carbons (Fsp3) is 0. The number of halogens is 1. The molecule has 0 aliphatic carbocycles. The molecule has 0 aromatic heterocycles. The standard InChI is InChI=1S/C13H11ClN2O4S/c14-12-7-9(3-6-11(12)13(17)18)16-8-1-4-10(5-2-8)21(15,19)20/h1-7,16H,(H,17,18)(H2,15,19,20). The molecular weight excluding hydrogens is 316 g/mol. The first-order valence-corrected chi connectivity index (χ1v) is 7.62. The molecule has 4 N–H and O–H groups in total. The number of nitrogens with two attached hydrogens (primary N) is 1. The molecule has 2 aromatic rings. The molecule has 0 radical (unpaired) electrons. The Morgan fingerprint density at radius 2 is 1.67 bits per heavy atom. The second-order valence-electron chi connectivity index (χ2n) is 4.19. The molecule has 0 saturated carbocycles. The Balaban J connectivity index is 2.23. The van der Waals surface area contributed by atoms with Gasteiger partial charge < -0.3 is 10.4 Å². The van der Waals surface area contributed by atoms with Crippen LogP contribution in [-0.4, -0.2) is 19.5 Å². The monoisotopic (exact) mass is 326 g/mol. The largest absolute Gasteiger partial charge is 0.478 e. The predicted molar refractivity (Wildman–Crippen MR) is 79.5 cm³/mol. The van der Waals surface area contributed by atoms with E-state index < -0.39 is 16.0 Å². The van der Waals surface area contributed by atoms with E-state index in [1.54, 1.807) is 18.2 Å². The number of aromatic carboxylic acids is 1. The van der Waals surface area contributed by atoms with Gasteiger partial charge in [-0.2, -0.15) is 0 Å². The van der Waals surface area contributed by atoms with Crippen molar-refractivity contribution < 1.29 is 18.3 Å². The zero-order valence-corrected chi connectivity index (χ0v) is 12.1. The molecule has 0 bridgehead atoms.